The van der Waals surface area contributed by atoms with E-state index in [1.54, 1.807) is 0 Å². The fraction of sp³-hybridized carbons (Fsp3) is 0.400. The normalized spacial score (nSPS) is 22.2. The molecule has 1 atom stereocenters. The molecule has 0 spiro atoms. The van der Waals surface area contributed by atoms with Gasteiger partial charge in [0.1, 0.15) is 0 Å². The van der Waals surface area contributed by atoms with Crippen molar-refractivity contribution in [3.05, 3.63) is 29.8 Å². The van der Waals surface area contributed by atoms with Crippen LogP contribution in [0.3, 0.4) is 0 Å². The monoisotopic (exact) mass is 163 g/mol. The Bertz CT molecular complexity index is 272. The first kappa shape index (κ1) is 7.62. The van der Waals surface area contributed by atoms with Crippen LogP contribution in [-0.2, 0) is 0 Å². The molecule has 0 bridgehead atoms. The van der Waals surface area contributed by atoms with E-state index in [9.17, 15) is 5.11 Å². The van der Waals surface area contributed by atoms with E-state index in [1.807, 2.05) is 24.3 Å². The fourth-order valence-electron chi connectivity index (χ4n) is 1.62. The molecule has 2 N–H and O–H groups in total. The molecule has 2 nitrogen and oxygen atoms in total. The Hall–Kier alpha value is -1.02. The van der Waals surface area contributed by atoms with E-state index in [4.69, 9.17) is 0 Å². The van der Waals surface area contributed by atoms with E-state index in [0.717, 1.165) is 30.6 Å². The number of fused-ring (bicyclic) bond motifs is 1. The van der Waals surface area contributed by atoms with E-state index in [0.29, 0.717) is 0 Å². The van der Waals surface area contributed by atoms with Gasteiger partial charge in [-0.05, 0) is 18.9 Å². The van der Waals surface area contributed by atoms with Gasteiger partial charge in [-0.15, -0.1) is 0 Å². The third-order valence-corrected chi connectivity index (χ3v) is 2.29. The second kappa shape index (κ2) is 3.15. The summed E-state index contributed by atoms with van der Waals surface area (Å²) in [5.41, 5.74) is 2.12. The number of rotatable bonds is 0. The highest BCUT2D eigenvalue weighted by molar-refractivity contribution is 5.52. The van der Waals surface area contributed by atoms with Crippen molar-refractivity contribution in [2.24, 2.45) is 0 Å². The fourth-order valence-corrected chi connectivity index (χ4v) is 1.62. The number of hydrogen-bond acceptors (Lipinski definition) is 2. The zero-order valence-electron chi connectivity index (χ0n) is 6.96. The molecule has 0 aromatic heterocycles. The molecule has 0 fully saturated rings. The summed E-state index contributed by atoms with van der Waals surface area (Å²) in [6.07, 6.45) is 1.62. The van der Waals surface area contributed by atoms with Crippen molar-refractivity contribution in [3.63, 3.8) is 0 Å². The van der Waals surface area contributed by atoms with Crippen LogP contribution in [0.15, 0.2) is 24.3 Å². The molecule has 0 aliphatic carbocycles. The van der Waals surface area contributed by atoms with Gasteiger partial charge >= 0.3 is 0 Å². The quantitative estimate of drug-likeness (QED) is 0.612. The van der Waals surface area contributed by atoms with E-state index in [-0.39, 0.29) is 6.10 Å². The first-order valence-electron chi connectivity index (χ1n) is 4.39. The van der Waals surface area contributed by atoms with Crippen molar-refractivity contribution in [1.29, 1.82) is 0 Å². The lowest BCUT2D eigenvalue weighted by Gasteiger charge is -2.10. The van der Waals surface area contributed by atoms with E-state index < -0.39 is 0 Å². The molecule has 1 aromatic rings. The zero-order valence-corrected chi connectivity index (χ0v) is 6.96. The van der Waals surface area contributed by atoms with Gasteiger partial charge in [-0.25, -0.2) is 0 Å². The summed E-state index contributed by atoms with van der Waals surface area (Å²) in [5, 5.41) is 13.0. The van der Waals surface area contributed by atoms with Gasteiger partial charge in [0.05, 0.1) is 6.10 Å². The highest BCUT2D eigenvalue weighted by Gasteiger charge is 2.14. The van der Waals surface area contributed by atoms with Crippen molar-refractivity contribution in [3.8, 4) is 0 Å². The smallest absolute Gasteiger partial charge is 0.0810 e. The molecule has 1 aliphatic heterocycles. The molecule has 64 valence electrons. The Balaban J connectivity index is 2.39. The summed E-state index contributed by atoms with van der Waals surface area (Å²) in [6, 6.07) is 7.96. The zero-order chi connectivity index (χ0) is 8.39. The number of anilines is 1. The van der Waals surface area contributed by atoms with Crippen LogP contribution in [0.4, 0.5) is 5.69 Å². The van der Waals surface area contributed by atoms with Crippen LogP contribution in [0, 0.1) is 0 Å². The Kier molecular flexibility index (Phi) is 2.00. The summed E-state index contributed by atoms with van der Waals surface area (Å²) >= 11 is 0. The molecule has 0 unspecified atom stereocenters. The SMILES string of the molecule is O[C@H]1CCCNc2ccccc21. The standard InChI is InChI=1S/C10H13NO/c12-10-6-3-7-11-9-5-2-1-4-8(9)10/h1-2,4-5,10-12H,3,6-7H2/t10-/m0/s1. The van der Waals surface area contributed by atoms with Crippen molar-refractivity contribution >= 4 is 5.69 Å². The molecule has 1 heterocycles. The number of aliphatic hydroxyl groups excluding tert-OH is 1. The lowest BCUT2D eigenvalue weighted by atomic mass is 10.1. The molecular formula is C10H13NO. The Morgan fingerprint density at radius 2 is 2.17 bits per heavy atom. The van der Waals surface area contributed by atoms with Gasteiger partial charge < -0.3 is 10.4 Å². The van der Waals surface area contributed by atoms with E-state index >= 15 is 0 Å². The van der Waals surface area contributed by atoms with Gasteiger partial charge in [-0.1, -0.05) is 18.2 Å². The van der Waals surface area contributed by atoms with Crippen LogP contribution in [0.1, 0.15) is 24.5 Å². The average Bonchev–Trinajstić information content (AvgIpc) is 2.29. The maximum absolute atomic E-state index is 9.70. The summed E-state index contributed by atoms with van der Waals surface area (Å²) < 4.78 is 0. The molecule has 1 aliphatic rings. The first-order valence-corrected chi connectivity index (χ1v) is 4.39. The Morgan fingerprint density at radius 1 is 1.33 bits per heavy atom. The molecule has 0 radical (unpaired) electrons. The van der Waals surface area contributed by atoms with Crippen LogP contribution < -0.4 is 5.32 Å². The predicted octanol–water partition coefficient (Wildman–Crippen LogP) is 1.93. The minimum absolute atomic E-state index is 0.281. The molecule has 1 aromatic carbocycles. The summed E-state index contributed by atoms with van der Waals surface area (Å²) in [5.74, 6) is 0. The van der Waals surface area contributed by atoms with Gasteiger partial charge in [0.2, 0.25) is 0 Å². The van der Waals surface area contributed by atoms with Crippen LogP contribution in [0.5, 0.6) is 0 Å². The second-order valence-corrected chi connectivity index (χ2v) is 3.17. The molecule has 2 rings (SSSR count). The van der Waals surface area contributed by atoms with Crippen LogP contribution in [-0.4, -0.2) is 11.7 Å². The highest BCUT2D eigenvalue weighted by Crippen LogP contribution is 2.28. The largest absolute Gasteiger partial charge is 0.388 e. The van der Waals surface area contributed by atoms with Gasteiger partial charge in [-0.2, -0.15) is 0 Å². The minimum Gasteiger partial charge on any atom is -0.388 e. The van der Waals surface area contributed by atoms with E-state index in [2.05, 4.69) is 5.32 Å². The molecule has 0 saturated heterocycles. The molecule has 0 amide bonds. The molecular weight excluding hydrogens is 150 g/mol. The molecule has 12 heavy (non-hydrogen) atoms. The Labute approximate surface area is 72.2 Å². The number of para-hydroxylation sites is 1. The number of benzene rings is 1. The van der Waals surface area contributed by atoms with Gasteiger partial charge in [0.15, 0.2) is 0 Å². The maximum atomic E-state index is 9.70. The van der Waals surface area contributed by atoms with Gasteiger partial charge in [0, 0.05) is 17.8 Å². The van der Waals surface area contributed by atoms with Crippen molar-refractivity contribution < 1.29 is 5.11 Å². The summed E-state index contributed by atoms with van der Waals surface area (Å²) in [6.45, 7) is 0.966. The third kappa shape index (κ3) is 1.30. The second-order valence-electron chi connectivity index (χ2n) is 3.17. The number of hydrogen-bond donors (Lipinski definition) is 2. The highest BCUT2D eigenvalue weighted by atomic mass is 16.3. The minimum atomic E-state index is -0.281. The van der Waals surface area contributed by atoms with Crippen LogP contribution >= 0.6 is 0 Å². The van der Waals surface area contributed by atoms with Crippen molar-refractivity contribution in [2.45, 2.75) is 18.9 Å². The molecule has 0 saturated carbocycles. The van der Waals surface area contributed by atoms with Crippen molar-refractivity contribution in [1.82, 2.24) is 0 Å². The number of aliphatic hydroxyl groups is 1. The first-order chi connectivity index (χ1) is 5.88. The van der Waals surface area contributed by atoms with Crippen molar-refractivity contribution in [2.75, 3.05) is 11.9 Å². The predicted molar refractivity (Wildman–Crippen MR) is 49.1 cm³/mol. The summed E-state index contributed by atoms with van der Waals surface area (Å²) in [7, 11) is 0. The molecule has 2 heteroatoms. The topological polar surface area (TPSA) is 32.3 Å². The maximum Gasteiger partial charge on any atom is 0.0810 e. The summed E-state index contributed by atoms with van der Waals surface area (Å²) in [4.78, 5) is 0. The lowest BCUT2D eigenvalue weighted by molar-refractivity contribution is 0.168. The van der Waals surface area contributed by atoms with E-state index in [1.165, 1.54) is 0 Å². The van der Waals surface area contributed by atoms with Crippen LogP contribution in [0.2, 0.25) is 0 Å². The Morgan fingerprint density at radius 3 is 3.08 bits per heavy atom. The third-order valence-electron chi connectivity index (χ3n) is 2.29. The van der Waals surface area contributed by atoms with Gasteiger partial charge in [-0.3, -0.25) is 0 Å². The van der Waals surface area contributed by atoms with Gasteiger partial charge in [0.25, 0.3) is 0 Å². The lowest BCUT2D eigenvalue weighted by Crippen LogP contribution is -1.99. The average molecular weight is 163 g/mol. The van der Waals surface area contributed by atoms with Crippen LogP contribution in [0.25, 0.3) is 0 Å². The number of nitrogens with one attached hydrogen (secondary N) is 1.